The summed E-state index contributed by atoms with van der Waals surface area (Å²) in [5, 5.41) is 11.8. The number of esters is 2. The van der Waals surface area contributed by atoms with Crippen LogP contribution < -0.4 is 5.32 Å². The van der Waals surface area contributed by atoms with Gasteiger partial charge < -0.3 is 14.8 Å². The number of aromatic nitrogens is 3. The highest BCUT2D eigenvalue weighted by Crippen LogP contribution is 2.24. The molecular formula is C23H27N5O4. The van der Waals surface area contributed by atoms with Crippen molar-refractivity contribution in [2.75, 3.05) is 19.5 Å². The number of benzene rings is 1. The van der Waals surface area contributed by atoms with Gasteiger partial charge >= 0.3 is 11.9 Å². The molecular weight excluding hydrogens is 410 g/mol. The molecule has 3 aromatic rings. The van der Waals surface area contributed by atoms with E-state index in [4.69, 9.17) is 14.9 Å². The van der Waals surface area contributed by atoms with Crippen molar-refractivity contribution in [1.29, 1.82) is 5.41 Å². The highest BCUT2D eigenvalue weighted by molar-refractivity contribution is 6.14. The molecule has 0 spiro atoms. The third kappa shape index (κ3) is 4.46. The van der Waals surface area contributed by atoms with Crippen LogP contribution in [-0.2, 0) is 21.0 Å². The summed E-state index contributed by atoms with van der Waals surface area (Å²) in [7, 11) is 3.06. The van der Waals surface area contributed by atoms with Gasteiger partial charge in [-0.25, -0.2) is 14.8 Å². The zero-order valence-corrected chi connectivity index (χ0v) is 19.1. The van der Waals surface area contributed by atoms with Crippen LogP contribution in [0.2, 0.25) is 0 Å². The summed E-state index contributed by atoms with van der Waals surface area (Å²) in [6, 6.07) is 5.73. The third-order valence-electron chi connectivity index (χ3n) is 4.89. The van der Waals surface area contributed by atoms with Crippen molar-refractivity contribution >= 4 is 34.5 Å². The van der Waals surface area contributed by atoms with Crippen LogP contribution >= 0.6 is 0 Å². The van der Waals surface area contributed by atoms with Crippen LogP contribution in [0.3, 0.4) is 0 Å². The maximum atomic E-state index is 12.4. The zero-order valence-electron chi connectivity index (χ0n) is 19.1. The minimum atomic E-state index is -0.666. The van der Waals surface area contributed by atoms with Gasteiger partial charge in [0.15, 0.2) is 12.4 Å². The Morgan fingerprint density at radius 2 is 1.94 bits per heavy atom. The molecule has 2 heterocycles. The highest BCUT2D eigenvalue weighted by Gasteiger charge is 2.25. The fourth-order valence-corrected chi connectivity index (χ4v) is 3.10. The number of ether oxygens (including phenoxy) is 2. The van der Waals surface area contributed by atoms with Crippen molar-refractivity contribution in [1.82, 2.24) is 14.5 Å². The normalized spacial score (nSPS) is 11.3. The van der Waals surface area contributed by atoms with Crippen LogP contribution in [-0.4, -0.2) is 46.3 Å². The molecule has 0 amide bonds. The van der Waals surface area contributed by atoms with E-state index < -0.39 is 11.4 Å². The second-order valence-electron chi connectivity index (χ2n) is 8.42. The Labute approximate surface area is 186 Å². The van der Waals surface area contributed by atoms with Gasteiger partial charge in [0.25, 0.3) is 0 Å². The number of methoxy groups -OCH3 is 1. The Morgan fingerprint density at radius 3 is 2.56 bits per heavy atom. The maximum absolute atomic E-state index is 12.4. The largest absolute Gasteiger partial charge is 0.465 e. The van der Waals surface area contributed by atoms with Gasteiger partial charge in [0.2, 0.25) is 0 Å². The molecule has 2 aromatic heterocycles. The molecule has 2 N–H and O–H groups in total. The number of nitrogens with one attached hydrogen (secondary N) is 2. The fraction of sp³-hybridized carbons (Fsp3) is 0.348. The summed E-state index contributed by atoms with van der Waals surface area (Å²) >= 11 is 0. The summed E-state index contributed by atoms with van der Waals surface area (Å²) in [5.74, 6) is -0.982. The molecule has 1 aromatic carbocycles. The van der Waals surface area contributed by atoms with E-state index in [0.717, 1.165) is 11.3 Å². The number of anilines is 1. The third-order valence-corrected chi connectivity index (χ3v) is 4.89. The Hall–Kier alpha value is -3.75. The van der Waals surface area contributed by atoms with Crippen LogP contribution in [0.5, 0.6) is 0 Å². The van der Waals surface area contributed by atoms with Crippen molar-refractivity contribution in [2.24, 2.45) is 5.41 Å². The van der Waals surface area contributed by atoms with E-state index in [-0.39, 0.29) is 29.5 Å². The maximum Gasteiger partial charge on any atom is 0.341 e. The predicted molar refractivity (Wildman–Crippen MR) is 121 cm³/mol. The Kier molecular flexibility index (Phi) is 6.29. The van der Waals surface area contributed by atoms with Crippen LogP contribution in [0.1, 0.15) is 48.0 Å². The average Bonchev–Trinajstić information content (AvgIpc) is 3.13. The first-order valence-corrected chi connectivity index (χ1v) is 10.1. The molecule has 9 nitrogen and oxygen atoms in total. The second-order valence-corrected chi connectivity index (χ2v) is 8.42. The lowest BCUT2D eigenvalue weighted by atomic mass is 9.98. The van der Waals surface area contributed by atoms with E-state index in [9.17, 15) is 9.59 Å². The average molecular weight is 438 g/mol. The van der Waals surface area contributed by atoms with E-state index in [1.165, 1.54) is 24.1 Å². The van der Waals surface area contributed by atoms with Crippen molar-refractivity contribution in [3.05, 3.63) is 53.0 Å². The zero-order chi connectivity index (χ0) is 23.6. The molecule has 0 aliphatic carbocycles. The monoisotopic (exact) mass is 437 g/mol. The predicted octanol–water partition coefficient (Wildman–Crippen LogP) is 3.53. The number of carbonyl (C=O) groups is 2. The van der Waals surface area contributed by atoms with Crippen molar-refractivity contribution in [3.63, 3.8) is 0 Å². The van der Waals surface area contributed by atoms with E-state index in [1.54, 1.807) is 27.8 Å². The fourth-order valence-electron chi connectivity index (χ4n) is 3.10. The molecule has 0 fully saturated rings. The SMILES string of the molecule is CNc1ccc(C)cc1C(=N)c1cnc2c(n1)c(C(=O)OC)cn2COC(=O)C(C)(C)C. The van der Waals surface area contributed by atoms with Crippen LogP contribution in [0.15, 0.2) is 30.6 Å². The van der Waals surface area contributed by atoms with Gasteiger partial charge in [-0.15, -0.1) is 0 Å². The number of fused-ring (bicyclic) bond motifs is 1. The molecule has 0 saturated carbocycles. The lowest BCUT2D eigenvalue weighted by molar-refractivity contribution is -0.156. The van der Waals surface area contributed by atoms with Crippen LogP contribution in [0.4, 0.5) is 5.69 Å². The molecule has 3 rings (SSSR count). The summed E-state index contributed by atoms with van der Waals surface area (Å²) in [6.45, 7) is 7.08. The lowest BCUT2D eigenvalue weighted by Gasteiger charge is -2.17. The molecule has 168 valence electrons. The highest BCUT2D eigenvalue weighted by atomic mass is 16.5. The number of hydrogen-bond donors (Lipinski definition) is 2. The molecule has 0 unspecified atom stereocenters. The molecule has 32 heavy (non-hydrogen) atoms. The van der Waals surface area contributed by atoms with E-state index in [0.29, 0.717) is 16.9 Å². The van der Waals surface area contributed by atoms with Gasteiger partial charge in [-0.1, -0.05) is 11.6 Å². The van der Waals surface area contributed by atoms with Crippen molar-refractivity contribution in [3.8, 4) is 0 Å². The number of hydrogen-bond acceptors (Lipinski definition) is 8. The van der Waals surface area contributed by atoms with E-state index in [1.807, 2.05) is 25.1 Å². The topological polar surface area (TPSA) is 119 Å². The van der Waals surface area contributed by atoms with Gasteiger partial charge in [-0.2, -0.15) is 0 Å². The Morgan fingerprint density at radius 1 is 1.22 bits per heavy atom. The lowest BCUT2D eigenvalue weighted by Crippen LogP contribution is -2.24. The molecule has 0 saturated heterocycles. The Balaban J connectivity index is 2.05. The standard InChI is InChI=1S/C23H27N5O4/c1-13-7-8-16(25-5)14(9-13)18(24)17-10-26-20-19(27-17)15(21(29)31-6)11-28(20)12-32-22(30)23(2,3)4/h7-11,24-25H,12H2,1-6H3. The van der Waals surface area contributed by atoms with E-state index in [2.05, 4.69) is 15.3 Å². The van der Waals surface area contributed by atoms with Crippen molar-refractivity contribution in [2.45, 2.75) is 34.4 Å². The quantitative estimate of drug-likeness (QED) is 0.447. The van der Waals surface area contributed by atoms with Crippen LogP contribution in [0.25, 0.3) is 11.2 Å². The molecule has 9 heteroatoms. The first-order valence-electron chi connectivity index (χ1n) is 10.1. The van der Waals surface area contributed by atoms with Crippen LogP contribution in [0, 0.1) is 17.7 Å². The van der Waals surface area contributed by atoms with E-state index >= 15 is 0 Å². The number of aryl methyl sites for hydroxylation is 1. The minimum absolute atomic E-state index is 0.128. The molecule has 0 bridgehead atoms. The van der Waals surface area contributed by atoms with Crippen molar-refractivity contribution < 1.29 is 19.1 Å². The smallest absolute Gasteiger partial charge is 0.341 e. The number of rotatable bonds is 6. The van der Waals surface area contributed by atoms with Gasteiger partial charge in [0, 0.05) is 24.5 Å². The van der Waals surface area contributed by atoms with Gasteiger partial charge in [-0.05, 0) is 39.8 Å². The molecule has 0 aliphatic rings. The summed E-state index contributed by atoms with van der Waals surface area (Å²) in [4.78, 5) is 33.5. The van der Waals surface area contributed by atoms with Gasteiger partial charge in [0.1, 0.15) is 16.8 Å². The summed E-state index contributed by atoms with van der Waals surface area (Å²) in [6.07, 6.45) is 2.96. The molecule has 0 aliphatic heterocycles. The first kappa shape index (κ1) is 22.9. The first-order chi connectivity index (χ1) is 15.1. The second kappa shape index (κ2) is 8.78. The van der Waals surface area contributed by atoms with Gasteiger partial charge in [0.05, 0.1) is 24.4 Å². The Bertz CT molecular complexity index is 1210. The molecule has 0 atom stereocenters. The number of nitrogens with zero attached hydrogens (tertiary/aromatic N) is 3. The minimum Gasteiger partial charge on any atom is -0.465 e. The molecule has 0 radical (unpaired) electrons. The summed E-state index contributed by atoms with van der Waals surface area (Å²) < 4.78 is 11.8. The van der Waals surface area contributed by atoms with Gasteiger partial charge in [-0.3, -0.25) is 14.8 Å². The summed E-state index contributed by atoms with van der Waals surface area (Å²) in [5.41, 5.74) is 3.03. The number of carbonyl (C=O) groups excluding carboxylic acids is 2.